The van der Waals surface area contributed by atoms with Crippen LogP contribution in [0, 0.1) is 18.8 Å². The van der Waals surface area contributed by atoms with Gasteiger partial charge in [0.25, 0.3) is 0 Å². The number of nitrogens with one attached hydrogen (secondary N) is 1. The lowest BCUT2D eigenvalue weighted by molar-refractivity contribution is 0.0684. The summed E-state index contributed by atoms with van der Waals surface area (Å²) in [6.07, 6.45) is 2.49. The van der Waals surface area contributed by atoms with Gasteiger partial charge < -0.3 is 15.0 Å². The van der Waals surface area contributed by atoms with E-state index in [2.05, 4.69) is 32.8 Å². The van der Waals surface area contributed by atoms with Gasteiger partial charge in [-0.1, -0.05) is 54.4 Å². The molecule has 7 nitrogen and oxygen atoms in total. The highest BCUT2D eigenvalue weighted by Gasteiger charge is 2.28. The lowest BCUT2D eigenvalue weighted by Crippen LogP contribution is -2.17. The molecule has 0 radical (unpaired) electrons. The Labute approximate surface area is 202 Å². The summed E-state index contributed by atoms with van der Waals surface area (Å²) >= 11 is 6.10. The topological polar surface area (TPSA) is 92.9 Å². The highest BCUT2D eigenvalue weighted by atomic mass is 35.5. The van der Waals surface area contributed by atoms with Crippen molar-refractivity contribution in [3.05, 3.63) is 70.5 Å². The lowest BCUT2D eigenvalue weighted by Gasteiger charge is -2.15. The molecule has 8 heteroatoms. The van der Waals surface area contributed by atoms with E-state index in [1.807, 2.05) is 49.4 Å². The van der Waals surface area contributed by atoms with Gasteiger partial charge in [0.1, 0.15) is 11.3 Å². The number of carboxylic acid groups (broad SMARTS) is 1. The van der Waals surface area contributed by atoms with Crippen LogP contribution in [-0.4, -0.2) is 37.1 Å². The van der Waals surface area contributed by atoms with E-state index in [-0.39, 0.29) is 5.82 Å². The van der Waals surface area contributed by atoms with Crippen molar-refractivity contribution in [2.24, 2.45) is 11.8 Å². The number of fused-ring (bicyclic) bond motifs is 1. The Bertz CT molecular complexity index is 1360. The summed E-state index contributed by atoms with van der Waals surface area (Å²) in [6, 6.07) is 15.8. The Morgan fingerprint density at radius 2 is 1.94 bits per heavy atom. The summed E-state index contributed by atoms with van der Waals surface area (Å²) in [6.45, 7) is 5.47. The molecule has 0 saturated heterocycles. The van der Waals surface area contributed by atoms with E-state index in [1.54, 1.807) is 0 Å². The highest BCUT2D eigenvalue weighted by molar-refractivity contribution is 6.30. The first kappa shape index (κ1) is 22.3. The number of hydrogen-bond acceptors (Lipinski definition) is 5. The monoisotopic (exact) mass is 475 g/mol. The molecule has 0 amide bonds. The number of anilines is 1. The number of imidazole rings is 1. The third-order valence-corrected chi connectivity index (χ3v) is 6.59. The van der Waals surface area contributed by atoms with Gasteiger partial charge in [-0.25, -0.2) is 19.7 Å². The molecule has 2 heterocycles. The number of aromatic carboxylic acids is 1. The zero-order chi connectivity index (χ0) is 23.8. The number of hydrogen-bond donors (Lipinski definition) is 2. The predicted molar refractivity (Wildman–Crippen MR) is 133 cm³/mol. The van der Waals surface area contributed by atoms with Gasteiger partial charge >= 0.3 is 5.97 Å². The van der Waals surface area contributed by atoms with Crippen molar-refractivity contribution in [2.75, 3.05) is 11.9 Å². The fraction of sp³-hybridized carbons (Fsp3) is 0.308. The van der Waals surface area contributed by atoms with Crippen LogP contribution in [0.3, 0.4) is 0 Å². The normalized spacial score (nSPS) is 14.3. The largest absolute Gasteiger partial charge is 0.475 e. The molecule has 2 N–H and O–H groups in total. The molecule has 1 saturated carbocycles. The summed E-state index contributed by atoms with van der Waals surface area (Å²) in [5.41, 5.74) is 4.13. The smallest absolute Gasteiger partial charge is 0.374 e. The minimum absolute atomic E-state index is 0.263. The lowest BCUT2D eigenvalue weighted by atomic mass is 10.1. The van der Waals surface area contributed by atoms with Crippen LogP contribution in [0.4, 0.5) is 5.82 Å². The third kappa shape index (κ3) is 4.61. The standard InChI is InChI=1S/C26H26ClN5O2/c1-15-4-3-5-19(12-15)25-31-23-21(32(25)14-17-6-10-20(27)11-7-17)22(29-24(30-23)26(33)34)28-13-16(2)18-8-9-18/h3-7,10-12,16,18H,8-9,13-14H2,1-2H3,(H,33,34)(H,28,29,30). The number of halogens is 1. The van der Waals surface area contributed by atoms with Gasteiger partial charge in [-0.2, -0.15) is 0 Å². The van der Waals surface area contributed by atoms with E-state index < -0.39 is 5.97 Å². The molecule has 0 spiro atoms. The molecule has 1 aliphatic carbocycles. The van der Waals surface area contributed by atoms with E-state index in [0.717, 1.165) is 16.7 Å². The third-order valence-electron chi connectivity index (χ3n) is 6.34. The molecule has 1 aliphatic rings. The zero-order valence-corrected chi connectivity index (χ0v) is 19.9. The predicted octanol–water partition coefficient (Wildman–Crippen LogP) is 5.66. The number of rotatable bonds is 8. The van der Waals surface area contributed by atoms with Crippen molar-refractivity contribution in [2.45, 2.75) is 33.2 Å². The van der Waals surface area contributed by atoms with Crippen LogP contribution in [0.15, 0.2) is 48.5 Å². The number of carboxylic acids is 1. The van der Waals surface area contributed by atoms with Crippen molar-refractivity contribution in [3.8, 4) is 11.4 Å². The van der Waals surface area contributed by atoms with E-state index in [4.69, 9.17) is 16.6 Å². The van der Waals surface area contributed by atoms with Crippen molar-refractivity contribution in [3.63, 3.8) is 0 Å². The number of benzene rings is 2. The Kier molecular flexibility index (Phi) is 5.96. The SMILES string of the molecule is Cc1cccc(-c2nc3nc(C(=O)O)nc(NCC(C)C4CC4)c3n2Cc2ccc(Cl)cc2)c1. The minimum atomic E-state index is -1.18. The molecule has 4 aromatic rings. The molecule has 2 aromatic carbocycles. The maximum absolute atomic E-state index is 11.8. The van der Waals surface area contributed by atoms with Crippen LogP contribution in [-0.2, 0) is 6.54 Å². The summed E-state index contributed by atoms with van der Waals surface area (Å²) in [5, 5.41) is 13.7. The first-order valence-electron chi connectivity index (χ1n) is 11.5. The second kappa shape index (κ2) is 9.06. The Morgan fingerprint density at radius 1 is 1.18 bits per heavy atom. The molecule has 0 aliphatic heterocycles. The first-order chi connectivity index (χ1) is 16.4. The molecule has 1 atom stereocenters. The summed E-state index contributed by atoms with van der Waals surface area (Å²) < 4.78 is 2.06. The Hall–Kier alpha value is -3.45. The van der Waals surface area contributed by atoms with E-state index >= 15 is 0 Å². The van der Waals surface area contributed by atoms with Crippen molar-refractivity contribution in [1.29, 1.82) is 0 Å². The second-order valence-electron chi connectivity index (χ2n) is 9.09. The Balaban J connectivity index is 1.68. The highest BCUT2D eigenvalue weighted by Crippen LogP contribution is 2.37. The molecule has 0 bridgehead atoms. The maximum atomic E-state index is 11.8. The van der Waals surface area contributed by atoms with Crippen molar-refractivity contribution in [1.82, 2.24) is 19.5 Å². The summed E-state index contributed by atoms with van der Waals surface area (Å²) in [5.74, 6) is 0.956. The zero-order valence-electron chi connectivity index (χ0n) is 19.1. The van der Waals surface area contributed by atoms with Gasteiger partial charge in [0.2, 0.25) is 5.82 Å². The van der Waals surface area contributed by atoms with Crippen molar-refractivity contribution < 1.29 is 9.90 Å². The molecule has 1 unspecified atom stereocenters. The average molecular weight is 476 g/mol. The van der Waals surface area contributed by atoms with Gasteiger partial charge in [-0.3, -0.25) is 0 Å². The minimum Gasteiger partial charge on any atom is -0.475 e. The average Bonchev–Trinajstić information content (AvgIpc) is 3.61. The molecule has 34 heavy (non-hydrogen) atoms. The van der Waals surface area contributed by atoms with Gasteiger partial charge in [0.05, 0.1) is 0 Å². The second-order valence-corrected chi connectivity index (χ2v) is 9.52. The van der Waals surface area contributed by atoms with Crippen LogP contribution in [0.2, 0.25) is 5.02 Å². The number of nitrogens with zero attached hydrogens (tertiary/aromatic N) is 4. The number of aryl methyl sites for hydroxylation is 1. The maximum Gasteiger partial charge on any atom is 0.374 e. The Morgan fingerprint density at radius 3 is 2.62 bits per heavy atom. The van der Waals surface area contributed by atoms with E-state index in [9.17, 15) is 9.90 Å². The number of carbonyl (C=O) groups is 1. The fourth-order valence-corrected chi connectivity index (χ4v) is 4.40. The van der Waals surface area contributed by atoms with Crippen LogP contribution in [0.1, 0.15) is 41.5 Å². The van der Waals surface area contributed by atoms with Crippen LogP contribution in [0.25, 0.3) is 22.6 Å². The van der Waals surface area contributed by atoms with Gasteiger partial charge in [-0.05, 0) is 55.4 Å². The molecule has 5 rings (SSSR count). The van der Waals surface area contributed by atoms with Crippen LogP contribution >= 0.6 is 11.6 Å². The number of aromatic nitrogens is 4. The van der Waals surface area contributed by atoms with E-state index in [0.29, 0.717) is 52.8 Å². The van der Waals surface area contributed by atoms with Crippen LogP contribution in [0.5, 0.6) is 0 Å². The molecular weight excluding hydrogens is 450 g/mol. The fourth-order valence-electron chi connectivity index (χ4n) is 4.28. The molecule has 174 valence electrons. The van der Waals surface area contributed by atoms with Gasteiger partial charge in [0.15, 0.2) is 11.5 Å². The van der Waals surface area contributed by atoms with Crippen LogP contribution < -0.4 is 5.32 Å². The van der Waals surface area contributed by atoms with Crippen molar-refractivity contribution >= 4 is 34.6 Å². The first-order valence-corrected chi connectivity index (χ1v) is 11.8. The van der Waals surface area contributed by atoms with Gasteiger partial charge in [0, 0.05) is 23.7 Å². The summed E-state index contributed by atoms with van der Waals surface area (Å²) in [7, 11) is 0. The molecular formula is C26H26ClN5O2. The van der Waals surface area contributed by atoms with Gasteiger partial charge in [-0.15, -0.1) is 0 Å². The van der Waals surface area contributed by atoms with E-state index in [1.165, 1.54) is 12.8 Å². The molecule has 2 aromatic heterocycles. The summed E-state index contributed by atoms with van der Waals surface area (Å²) in [4.78, 5) is 25.3. The molecule has 1 fully saturated rings. The quantitative estimate of drug-likeness (QED) is 0.341.